The molecule has 132 valence electrons. The van der Waals surface area contributed by atoms with Crippen molar-refractivity contribution < 1.29 is 8.94 Å². The molecule has 2 aromatic heterocycles. The number of hydrogen-bond acceptors (Lipinski definition) is 4. The van der Waals surface area contributed by atoms with Crippen LogP contribution in [-0.4, -0.2) is 17.7 Å². The van der Waals surface area contributed by atoms with Crippen LogP contribution in [0.15, 0.2) is 50.3 Å². The fraction of sp³-hybridized carbons (Fsp3) is 0.368. The average molecular weight is 340 g/mol. The third-order valence-electron chi connectivity index (χ3n) is 3.93. The molecule has 0 radical (unpaired) electrons. The minimum Gasteiger partial charge on any atom is -0.459 e. The Bertz CT molecular complexity index is 817. The second kappa shape index (κ2) is 7.88. The van der Waals surface area contributed by atoms with Crippen LogP contribution >= 0.6 is 0 Å². The third-order valence-corrected chi connectivity index (χ3v) is 3.93. The lowest BCUT2D eigenvalue weighted by atomic mass is 10.2. The summed E-state index contributed by atoms with van der Waals surface area (Å²) < 4.78 is 11.2. The number of furan rings is 1. The number of benzene rings is 1. The summed E-state index contributed by atoms with van der Waals surface area (Å²) in [5, 5.41) is 11.7. The smallest absolute Gasteiger partial charge is 0.192 e. The van der Waals surface area contributed by atoms with Crippen molar-refractivity contribution in [2.45, 2.75) is 39.8 Å². The van der Waals surface area contributed by atoms with Gasteiger partial charge in [0.05, 0.1) is 11.7 Å². The molecule has 25 heavy (non-hydrogen) atoms. The van der Waals surface area contributed by atoms with Gasteiger partial charge in [0.25, 0.3) is 0 Å². The van der Waals surface area contributed by atoms with E-state index in [1.807, 2.05) is 51.1 Å². The Morgan fingerprint density at radius 1 is 1.24 bits per heavy atom. The maximum absolute atomic E-state index is 5.92. The highest BCUT2D eigenvalue weighted by atomic mass is 16.5. The first-order valence-corrected chi connectivity index (χ1v) is 8.67. The van der Waals surface area contributed by atoms with E-state index in [-0.39, 0.29) is 6.04 Å². The van der Waals surface area contributed by atoms with E-state index in [1.165, 1.54) is 0 Å². The lowest BCUT2D eigenvalue weighted by Crippen LogP contribution is -2.38. The van der Waals surface area contributed by atoms with Gasteiger partial charge < -0.3 is 19.6 Å². The van der Waals surface area contributed by atoms with Gasteiger partial charge in [-0.2, -0.15) is 0 Å². The van der Waals surface area contributed by atoms with E-state index in [2.05, 4.69) is 26.8 Å². The molecule has 3 aromatic rings. The highest BCUT2D eigenvalue weighted by molar-refractivity contribution is 5.81. The number of para-hydroxylation sites is 1. The van der Waals surface area contributed by atoms with Gasteiger partial charge in [-0.05, 0) is 32.4 Å². The summed E-state index contributed by atoms with van der Waals surface area (Å²) >= 11 is 0. The van der Waals surface area contributed by atoms with Crippen molar-refractivity contribution in [3.05, 3.63) is 53.6 Å². The van der Waals surface area contributed by atoms with Crippen LogP contribution in [0.2, 0.25) is 0 Å². The molecule has 1 aromatic carbocycles. The topological polar surface area (TPSA) is 75.6 Å². The third kappa shape index (κ3) is 4.21. The van der Waals surface area contributed by atoms with Gasteiger partial charge in [0, 0.05) is 18.0 Å². The lowest BCUT2D eigenvalue weighted by Gasteiger charge is -2.15. The number of nitrogens with one attached hydrogen (secondary N) is 2. The molecule has 0 saturated heterocycles. The molecule has 1 atom stereocenters. The van der Waals surface area contributed by atoms with Crippen molar-refractivity contribution in [3.63, 3.8) is 0 Å². The largest absolute Gasteiger partial charge is 0.459 e. The summed E-state index contributed by atoms with van der Waals surface area (Å²) in [5.74, 6) is 2.34. The molecule has 0 aliphatic carbocycles. The molecule has 2 heterocycles. The number of aromatic nitrogens is 1. The Hall–Kier alpha value is -2.76. The minimum atomic E-state index is -0.00821. The summed E-state index contributed by atoms with van der Waals surface area (Å²) in [6.07, 6.45) is 0.856. The maximum atomic E-state index is 5.92. The van der Waals surface area contributed by atoms with Crippen LogP contribution < -0.4 is 10.6 Å². The van der Waals surface area contributed by atoms with Crippen molar-refractivity contribution in [2.24, 2.45) is 4.99 Å². The zero-order valence-electron chi connectivity index (χ0n) is 14.9. The molecule has 0 amide bonds. The van der Waals surface area contributed by atoms with E-state index >= 15 is 0 Å². The highest BCUT2D eigenvalue weighted by Gasteiger charge is 2.13. The van der Waals surface area contributed by atoms with E-state index in [9.17, 15) is 0 Å². The van der Waals surface area contributed by atoms with Gasteiger partial charge in [0.1, 0.15) is 17.9 Å². The summed E-state index contributed by atoms with van der Waals surface area (Å²) in [6, 6.07) is 12.0. The molecule has 2 N–H and O–H groups in total. The van der Waals surface area contributed by atoms with Crippen molar-refractivity contribution in [2.75, 3.05) is 6.54 Å². The zero-order valence-corrected chi connectivity index (χ0v) is 14.9. The van der Waals surface area contributed by atoms with Crippen LogP contribution in [0.5, 0.6) is 0 Å². The quantitative estimate of drug-likeness (QED) is 0.527. The molecular formula is C19H24N4O2. The van der Waals surface area contributed by atoms with Crippen LogP contribution in [0.25, 0.3) is 11.0 Å². The Morgan fingerprint density at radius 3 is 2.80 bits per heavy atom. The van der Waals surface area contributed by atoms with Crippen LogP contribution in [0.4, 0.5) is 0 Å². The van der Waals surface area contributed by atoms with Crippen molar-refractivity contribution >= 4 is 16.9 Å². The zero-order chi connectivity index (χ0) is 17.6. The molecule has 1 unspecified atom stereocenters. The Labute approximate surface area is 147 Å². The van der Waals surface area contributed by atoms with E-state index in [0.717, 1.165) is 41.1 Å². The molecule has 6 nitrogen and oxygen atoms in total. The maximum Gasteiger partial charge on any atom is 0.192 e. The summed E-state index contributed by atoms with van der Waals surface area (Å²) in [4.78, 5) is 4.57. The fourth-order valence-corrected chi connectivity index (χ4v) is 2.57. The van der Waals surface area contributed by atoms with Gasteiger partial charge in [-0.25, -0.2) is 4.99 Å². The van der Waals surface area contributed by atoms with Crippen LogP contribution in [-0.2, 0) is 13.0 Å². The van der Waals surface area contributed by atoms with Crippen molar-refractivity contribution in [3.8, 4) is 0 Å². The lowest BCUT2D eigenvalue weighted by molar-refractivity contribution is 0.379. The fourth-order valence-electron chi connectivity index (χ4n) is 2.57. The normalized spacial score (nSPS) is 13.2. The molecule has 0 saturated carbocycles. The molecule has 0 aliphatic rings. The number of aryl methyl sites for hydroxylation is 1. The second-order valence-corrected chi connectivity index (χ2v) is 5.89. The molecule has 0 spiro atoms. The second-order valence-electron chi connectivity index (χ2n) is 5.89. The molecule has 6 heteroatoms. The summed E-state index contributed by atoms with van der Waals surface area (Å²) in [7, 11) is 0. The number of hydrogen-bond donors (Lipinski definition) is 2. The van der Waals surface area contributed by atoms with Crippen molar-refractivity contribution in [1.82, 2.24) is 15.8 Å². The standard InChI is InChI=1S/C19H24N4O2/c1-4-15-11-16(25-23-15)12-21-19(20-5-2)22-13(3)18-10-14-8-6-7-9-17(14)24-18/h6-11,13H,4-5,12H2,1-3H3,(H2,20,21,22). The van der Waals surface area contributed by atoms with Crippen LogP contribution in [0, 0.1) is 0 Å². The predicted molar refractivity (Wildman–Crippen MR) is 98.5 cm³/mol. The first-order valence-electron chi connectivity index (χ1n) is 8.67. The summed E-state index contributed by atoms with van der Waals surface area (Å²) in [5.41, 5.74) is 1.83. The first kappa shape index (κ1) is 17.1. The molecule has 3 rings (SSSR count). The highest BCUT2D eigenvalue weighted by Crippen LogP contribution is 2.23. The van der Waals surface area contributed by atoms with Crippen molar-refractivity contribution in [1.29, 1.82) is 0 Å². The van der Waals surface area contributed by atoms with Gasteiger partial charge >= 0.3 is 0 Å². The average Bonchev–Trinajstić information content (AvgIpc) is 3.26. The van der Waals surface area contributed by atoms with Gasteiger partial charge in [-0.15, -0.1) is 0 Å². The number of aliphatic imine (C=N–C) groups is 1. The van der Waals surface area contributed by atoms with Gasteiger partial charge in [-0.3, -0.25) is 0 Å². The van der Waals surface area contributed by atoms with E-state index in [0.29, 0.717) is 12.5 Å². The van der Waals surface area contributed by atoms with Gasteiger partial charge in [0.2, 0.25) is 0 Å². The number of rotatable bonds is 6. The van der Waals surface area contributed by atoms with Gasteiger partial charge in [-0.1, -0.05) is 30.3 Å². The molecule has 0 aliphatic heterocycles. The van der Waals surface area contributed by atoms with E-state index in [1.54, 1.807) is 0 Å². The number of nitrogens with zero attached hydrogens (tertiary/aromatic N) is 2. The van der Waals surface area contributed by atoms with Gasteiger partial charge in [0.15, 0.2) is 11.7 Å². The van der Waals surface area contributed by atoms with Crippen LogP contribution in [0.3, 0.4) is 0 Å². The Morgan fingerprint density at radius 2 is 2.08 bits per heavy atom. The predicted octanol–water partition coefficient (Wildman–Crippen LogP) is 3.80. The molecule has 0 fully saturated rings. The molecular weight excluding hydrogens is 316 g/mol. The first-order chi connectivity index (χ1) is 12.2. The Balaban J connectivity index is 1.70. The molecule has 0 bridgehead atoms. The Kier molecular flexibility index (Phi) is 5.38. The minimum absolute atomic E-state index is 0.00821. The number of fused-ring (bicyclic) bond motifs is 1. The SMILES string of the molecule is CCNC(=NCc1cc(CC)no1)NC(C)c1cc2ccccc2o1. The summed E-state index contributed by atoms with van der Waals surface area (Å²) in [6.45, 7) is 7.34. The van der Waals surface area contributed by atoms with E-state index in [4.69, 9.17) is 8.94 Å². The van der Waals surface area contributed by atoms with E-state index < -0.39 is 0 Å². The monoisotopic (exact) mass is 340 g/mol. The van der Waals surface area contributed by atoms with Crippen LogP contribution in [0.1, 0.15) is 44.0 Å². The number of guanidine groups is 1.